The number of rotatable bonds is 6. The van der Waals surface area contributed by atoms with Crippen LogP contribution in [0.25, 0.3) is 0 Å². The smallest absolute Gasteiger partial charge is 0.461 e. The van der Waals surface area contributed by atoms with E-state index in [-0.39, 0.29) is 30.8 Å². The molecule has 0 saturated heterocycles. The standard InChI is InChI=1S/C18H21F3O5S/c1-17(2)10-6-9-15(26-27(23,24)18(19,20)21)14(17)11-16(22)25-12-13-7-4-3-5-8-13/h3-5,7-8H,6,9-12H2,1-2H3. The van der Waals surface area contributed by atoms with E-state index in [4.69, 9.17) is 4.74 Å². The molecule has 0 atom stereocenters. The summed E-state index contributed by atoms with van der Waals surface area (Å²) in [5, 5.41) is 0. The predicted molar refractivity (Wildman–Crippen MR) is 91.6 cm³/mol. The maximum absolute atomic E-state index is 12.7. The summed E-state index contributed by atoms with van der Waals surface area (Å²) in [5.41, 5.74) is -5.22. The van der Waals surface area contributed by atoms with E-state index in [1.54, 1.807) is 38.1 Å². The summed E-state index contributed by atoms with van der Waals surface area (Å²) in [6.07, 6.45) is 0.730. The van der Waals surface area contributed by atoms with Gasteiger partial charge in [-0.1, -0.05) is 44.2 Å². The van der Waals surface area contributed by atoms with Gasteiger partial charge in [-0.15, -0.1) is 0 Å². The summed E-state index contributed by atoms with van der Waals surface area (Å²) >= 11 is 0. The van der Waals surface area contributed by atoms with Crippen molar-refractivity contribution in [3.05, 3.63) is 47.2 Å². The molecule has 1 aromatic rings. The number of benzene rings is 1. The van der Waals surface area contributed by atoms with Crippen LogP contribution in [0.4, 0.5) is 13.2 Å². The van der Waals surface area contributed by atoms with Crippen molar-refractivity contribution in [1.29, 1.82) is 0 Å². The van der Waals surface area contributed by atoms with Gasteiger partial charge in [0.2, 0.25) is 0 Å². The predicted octanol–water partition coefficient (Wildman–Crippen LogP) is 4.45. The highest BCUT2D eigenvalue weighted by molar-refractivity contribution is 7.87. The van der Waals surface area contributed by atoms with E-state index in [1.165, 1.54) is 0 Å². The SMILES string of the molecule is CC1(C)CCCC(OS(=O)(=O)C(F)(F)F)=C1CC(=O)OCc1ccccc1. The van der Waals surface area contributed by atoms with E-state index in [0.717, 1.165) is 5.56 Å². The summed E-state index contributed by atoms with van der Waals surface area (Å²) < 4.78 is 70.3. The molecule has 0 N–H and O–H groups in total. The molecule has 27 heavy (non-hydrogen) atoms. The number of hydrogen-bond donors (Lipinski definition) is 0. The average molecular weight is 406 g/mol. The van der Waals surface area contributed by atoms with Crippen molar-refractivity contribution in [2.24, 2.45) is 5.41 Å². The summed E-state index contributed by atoms with van der Waals surface area (Å²) in [6.45, 7) is 3.48. The van der Waals surface area contributed by atoms with E-state index in [0.29, 0.717) is 12.8 Å². The van der Waals surface area contributed by atoms with Gasteiger partial charge in [-0.2, -0.15) is 21.6 Å². The quantitative estimate of drug-likeness (QED) is 0.397. The Balaban J connectivity index is 2.19. The van der Waals surface area contributed by atoms with E-state index in [9.17, 15) is 26.4 Å². The number of ether oxygens (including phenoxy) is 1. The van der Waals surface area contributed by atoms with Crippen molar-refractivity contribution >= 4 is 16.1 Å². The molecule has 2 rings (SSSR count). The minimum Gasteiger partial charge on any atom is -0.461 e. The molecule has 0 heterocycles. The number of halogens is 3. The third-order valence-electron chi connectivity index (χ3n) is 4.42. The molecular formula is C18H21F3O5S. The molecule has 0 fully saturated rings. The van der Waals surface area contributed by atoms with Gasteiger partial charge in [-0.25, -0.2) is 0 Å². The second-order valence-electron chi connectivity index (χ2n) is 6.95. The largest absolute Gasteiger partial charge is 0.534 e. The zero-order valence-corrected chi connectivity index (χ0v) is 15.8. The maximum Gasteiger partial charge on any atom is 0.534 e. The van der Waals surface area contributed by atoms with Gasteiger partial charge in [-0.05, 0) is 29.4 Å². The lowest BCUT2D eigenvalue weighted by Gasteiger charge is -2.34. The van der Waals surface area contributed by atoms with Gasteiger partial charge < -0.3 is 8.92 Å². The molecular weight excluding hydrogens is 385 g/mol. The van der Waals surface area contributed by atoms with Crippen LogP contribution in [0.5, 0.6) is 0 Å². The first-order chi connectivity index (χ1) is 12.4. The lowest BCUT2D eigenvalue weighted by molar-refractivity contribution is -0.144. The van der Waals surface area contributed by atoms with Crippen LogP contribution in [-0.4, -0.2) is 19.9 Å². The Kier molecular flexibility index (Phi) is 6.24. The first-order valence-corrected chi connectivity index (χ1v) is 9.76. The monoisotopic (exact) mass is 406 g/mol. The molecule has 0 aromatic heterocycles. The first kappa shape index (κ1) is 21.3. The molecule has 1 aliphatic carbocycles. The van der Waals surface area contributed by atoms with Crippen molar-refractivity contribution in [3.8, 4) is 0 Å². The maximum atomic E-state index is 12.7. The molecule has 0 aliphatic heterocycles. The Labute approximate surface area is 156 Å². The van der Waals surface area contributed by atoms with Gasteiger partial charge in [0.1, 0.15) is 12.4 Å². The first-order valence-electron chi connectivity index (χ1n) is 8.35. The molecule has 150 valence electrons. The Morgan fingerprint density at radius 2 is 1.81 bits per heavy atom. The van der Waals surface area contributed by atoms with Crippen molar-refractivity contribution in [1.82, 2.24) is 0 Å². The number of carbonyl (C=O) groups is 1. The second kappa shape index (κ2) is 7.92. The molecule has 0 spiro atoms. The van der Waals surface area contributed by atoms with Gasteiger partial charge in [0.15, 0.2) is 0 Å². The fourth-order valence-corrected chi connectivity index (χ4v) is 3.46. The number of allylic oxidation sites excluding steroid dienone is 1. The highest BCUT2D eigenvalue weighted by atomic mass is 32.2. The molecule has 9 heteroatoms. The number of esters is 1. The molecule has 1 aromatic carbocycles. The molecule has 0 amide bonds. The normalized spacial score (nSPS) is 17.5. The molecule has 0 bridgehead atoms. The van der Waals surface area contributed by atoms with Gasteiger partial charge in [0, 0.05) is 6.42 Å². The Hall–Kier alpha value is -2.03. The highest BCUT2D eigenvalue weighted by Crippen LogP contribution is 2.44. The van der Waals surface area contributed by atoms with E-state index < -0.39 is 27.0 Å². The summed E-state index contributed by atoms with van der Waals surface area (Å²) in [4.78, 5) is 12.2. The minimum absolute atomic E-state index is 0.0139. The summed E-state index contributed by atoms with van der Waals surface area (Å²) in [6, 6.07) is 8.90. The fourth-order valence-electron chi connectivity index (χ4n) is 2.91. The fraction of sp³-hybridized carbons (Fsp3) is 0.500. The van der Waals surface area contributed by atoms with Crippen LogP contribution in [0.3, 0.4) is 0 Å². The average Bonchev–Trinajstić information content (AvgIpc) is 2.55. The Morgan fingerprint density at radius 3 is 2.41 bits per heavy atom. The minimum atomic E-state index is -5.78. The molecule has 0 saturated carbocycles. The van der Waals surface area contributed by atoms with E-state index in [2.05, 4.69) is 4.18 Å². The number of alkyl halides is 3. The molecule has 5 nitrogen and oxygen atoms in total. The highest BCUT2D eigenvalue weighted by Gasteiger charge is 2.49. The van der Waals surface area contributed by atoms with E-state index in [1.807, 2.05) is 6.07 Å². The van der Waals surface area contributed by atoms with Crippen molar-refractivity contribution in [3.63, 3.8) is 0 Å². The zero-order chi connectivity index (χ0) is 20.3. The van der Waals surface area contributed by atoms with Crippen LogP contribution >= 0.6 is 0 Å². The lowest BCUT2D eigenvalue weighted by Crippen LogP contribution is -2.29. The zero-order valence-electron chi connectivity index (χ0n) is 15.0. The topological polar surface area (TPSA) is 69.7 Å². The van der Waals surface area contributed by atoms with Crippen LogP contribution in [0.2, 0.25) is 0 Å². The van der Waals surface area contributed by atoms with Crippen LogP contribution < -0.4 is 0 Å². The third kappa shape index (κ3) is 5.47. The molecule has 0 radical (unpaired) electrons. The van der Waals surface area contributed by atoms with Crippen molar-refractivity contribution in [2.75, 3.05) is 0 Å². The van der Waals surface area contributed by atoms with Crippen LogP contribution in [0.15, 0.2) is 41.7 Å². The summed E-state index contributed by atoms with van der Waals surface area (Å²) in [7, 11) is -5.78. The van der Waals surface area contributed by atoms with Gasteiger partial charge in [0.05, 0.1) is 6.42 Å². The van der Waals surface area contributed by atoms with Crippen molar-refractivity contribution < 1.29 is 35.3 Å². The van der Waals surface area contributed by atoms with Gasteiger partial charge in [0.25, 0.3) is 0 Å². The van der Waals surface area contributed by atoms with Crippen molar-refractivity contribution in [2.45, 2.75) is 51.6 Å². The van der Waals surface area contributed by atoms with Gasteiger partial charge >= 0.3 is 21.6 Å². The van der Waals surface area contributed by atoms with Gasteiger partial charge in [-0.3, -0.25) is 4.79 Å². The lowest BCUT2D eigenvalue weighted by atomic mass is 9.73. The van der Waals surface area contributed by atoms with Crippen LogP contribution in [-0.2, 0) is 30.4 Å². The summed E-state index contributed by atoms with van der Waals surface area (Å²) in [5.74, 6) is -0.977. The second-order valence-corrected chi connectivity index (χ2v) is 8.48. The number of carbonyl (C=O) groups excluding carboxylic acids is 1. The third-order valence-corrected chi connectivity index (χ3v) is 5.40. The Bertz CT molecular complexity index is 811. The van der Waals surface area contributed by atoms with Crippen LogP contribution in [0.1, 0.15) is 45.1 Å². The van der Waals surface area contributed by atoms with E-state index >= 15 is 0 Å². The van der Waals surface area contributed by atoms with Crippen LogP contribution in [0, 0.1) is 5.41 Å². The molecule has 1 aliphatic rings. The Morgan fingerprint density at radius 1 is 1.19 bits per heavy atom. The number of hydrogen-bond acceptors (Lipinski definition) is 5. The molecule has 0 unspecified atom stereocenters.